The number of aliphatic imine (C=N–C) groups is 1. The number of nitrogens with zero attached hydrogens (tertiary/aromatic N) is 2. The number of piperidine rings is 1. The van der Waals surface area contributed by atoms with Crippen molar-refractivity contribution in [1.29, 1.82) is 0 Å². The van der Waals surface area contributed by atoms with E-state index >= 15 is 0 Å². The summed E-state index contributed by atoms with van der Waals surface area (Å²) in [5.41, 5.74) is 0. The third-order valence-corrected chi connectivity index (χ3v) is 6.55. The zero-order chi connectivity index (χ0) is 15.8. The molecule has 2 aliphatic heterocycles. The van der Waals surface area contributed by atoms with Crippen molar-refractivity contribution in [2.75, 3.05) is 39.0 Å². The Hall–Kier alpha value is -0.420. The fourth-order valence-electron chi connectivity index (χ4n) is 3.45. The van der Waals surface area contributed by atoms with Gasteiger partial charge in [-0.05, 0) is 58.2 Å². The summed E-state index contributed by atoms with van der Waals surface area (Å²) in [6, 6.07) is 0.769. The minimum atomic E-state index is 0.390. The predicted octanol–water partition coefficient (Wildman–Crippen LogP) is 2.70. The number of rotatable bonds is 6. The molecule has 0 spiro atoms. The van der Waals surface area contributed by atoms with E-state index in [0.717, 1.165) is 25.1 Å². The molecule has 0 saturated carbocycles. The van der Waals surface area contributed by atoms with Gasteiger partial charge in [0.05, 0.1) is 0 Å². The quantitative estimate of drug-likeness (QED) is 0.447. The normalized spacial score (nSPS) is 30.5. The van der Waals surface area contributed by atoms with Crippen LogP contribution in [0.3, 0.4) is 0 Å². The molecule has 2 aliphatic rings. The Balaban J connectivity index is 1.60. The Labute approximate surface area is 140 Å². The highest BCUT2D eigenvalue weighted by molar-refractivity contribution is 8.00. The number of thioether (sulfide) groups is 1. The fourth-order valence-corrected chi connectivity index (χ4v) is 4.69. The van der Waals surface area contributed by atoms with Gasteiger partial charge in [0.15, 0.2) is 5.96 Å². The van der Waals surface area contributed by atoms with E-state index < -0.39 is 0 Å². The Morgan fingerprint density at radius 3 is 2.86 bits per heavy atom. The van der Waals surface area contributed by atoms with E-state index in [9.17, 15) is 0 Å². The molecule has 0 aromatic carbocycles. The summed E-state index contributed by atoms with van der Waals surface area (Å²) >= 11 is 2.09. The lowest BCUT2D eigenvalue weighted by molar-refractivity contribution is 0.159. The number of guanidine groups is 1. The molecule has 0 bridgehead atoms. The van der Waals surface area contributed by atoms with Gasteiger partial charge in [0.25, 0.3) is 0 Å². The van der Waals surface area contributed by atoms with E-state index in [-0.39, 0.29) is 0 Å². The Kier molecular flexibility index (Phi) is 7.35. The van der Waals surface area contributed by atoms with Gasteiger partial charge in [-0.3, -0.25) is 4.99 Å². The van der Waals surface area contributed by atoms with Gasteiger partial charge >= 0.3 is 0 Å². The molecule has 2 unspecified atom stereocenters. The zero-order valence-corrected chi connectivity index (χ0v) is 15.5. The first-order chi connectivity index (χ1) is 10.6. The van der Waals surface area contributed by atoms with Crippen LogP contribution in [-0.2, 0) is 0 Å². The van der Waals surface area contributed by atoms with Gasteiger partial charge in [-0.15, -0.1) is 0 Å². The fraction of sp³-hybridized carbons (Fsp3) is 0.941. The molecule has 4 nitrogen and oxygen atoms in total. The zero-order valence-electron chi connectivity index (χ0n) is 14.7. The van der Waals surface area contributed by atoms with Gasteiger partial charge < -0.3 is 15.5 Å². The lowest BCUT2D eigenvalue weighted by Gasteiger charge is -2.33. The highest BCUT2D eigenvalue weighted by Gasteiger charge is 2.29. The number of hydrogen-bond acceptors (Lipinski definition) is 3. The van der Waals surface area contributed by atoms with E-state index in [1.54, 1.807) is 0 Å². The van der Waals surface area contributed by atoms with Crippen molar-refractivity contribution in [1.82, 2.24) is 15.5 Å². The first kappa shape index (κ1) is 17.9. The molecule has 2 N–H and O–H groups in total. The van der Waals surface area contributed by atoms with Crippen molar-refractivity contribution < 1.29 is 0 Å². The summed E-state index contributed by atoms with van der Waals surface area (Å²) < 4.78 is 0.390. The Bertz CT molecular complexity index is 353. The van der Waals surface area contributed by atoms with Gasteiger partial charge in [0.1, 0.15) is 0 Å². The molecule has 2 saturated heterocycles. The second kappa shape index (κ2) is 9.02. The third-order valence-electron chi connectivity index (χ3n) is 5.01. The minimum absolute atomic E-state index is 0.390. The van der Waals surface area contributed by atoms with Crippen LogP contribution in [0.4, 0.5) is 0 Å². The third kappa shape index (κ3) is 5.65. The number of hydrogen-bond donors (Lipinski definition) is 2. The largest absolute Gasteiger partial charge is 0.356 e. The molecule has 2 rings (SSSR count). The van der Waals surface area contributed by atoms with Crippen LogP contribution in [-0.4, -0.2) is 60.6 Å². The Morgan fingerprint density at radius 1 is 1.32 bits per heavy atom. The standard InChI is InChI=1S/C17H34N4S/c1-15-8-4-5-11-21(15)12-7-10-19-16(18-3)20-14-17(2)9-6-13-22-17/h15H,4-14H2,1-3H3,(H2,18,19,20). The molecule has 2 heterocycles. The van der Waals surface area contributed by atoms with Gasteiger partial charge in [-0.25, -0.2) is 0 Å². The van der Waals surface area contributed by atoms with E-state index in [1.807, 2.05) is 7.05 Å². The lowest BCUT2D eigenvalue weighted by Crippen LogP contribution is -2.44. The lowest BCUT2D eigenvalue weighted by atomic mass is 10.0. The summed E-state index contributed by atoms with van der Waals surface area (Å²) in [4.78, 5) is 6.99. The Morgan fingerprint density at radius 2 is 2.18 bits per heavy atom. The summed E-state index contributed by atoms with van der Waals surface area (Å²) in [5.74, 6) is 2.26. The summed E-state index contributed by atoms with van der Waals surface area (Å²) in [6.45, 7) is 9.24. The highest BCUT2D eigenvalue weighted by Crippen LogP contribution is 2.36. The topological polar surface area (TPSA) is 39.7 Å². The molecule has 5 heteroatoms. The van der Waals surface area contributed by atoms with Crippen LogP contribution in [0, 0.1) is 0 Å². The average molecular weight is 327 g/mol. The van der Waals surface area contributed by atoms with Gasteiger partial charge in [-0.2, -0.15) is 11.8 Å². The van der Waals surface area contributed by atoms with E-state index in [2.05, 4.69) is 46.1 Å². The van der Waals surface area contributed by atoms with Crippen LogP contribution in [0.1, 0.15) is 52.4 Å². The van der Waals surface area contributed by atoms with Crippen molar-refractivity contribution in [3.63, 3.8) is 0 Å². The second-order valence-electron chi connectivity index (χ2n) is 6.99. The molecule has 0 amide bonds. The van der Waals surface area contributed by atoms with E-state index in [0.29, 0.717) is 4.75 Å². The highest BCUT2D eigenvalue weighted by atomic mass is 32.2. The van der Waals surface area contributed by atoms with Crippen molar-refractivity contribution in [3.05, 3.63) is 0 Å². The van der Waals surface area contributed by atoms with Gasteiger partial charge in [0, 0.05) is 37.5 Å². The maximum atomic E-state index is 4.35. The smallest absolute Gasteiger partial charge is 0.191 e. The summed E-state index contributed by atoms with van der Waals surface area (Å²) in [6.07, 6.45) is 8.00. The van der Waals surface area contributed by atoms with Gasteiger partial charge in [0.2, 0.25) is 0 Å². The molecule has 2 atom stereocenters. The molecule has 0 aromatic heterocycles. The van der Waals surface area contributed by atoms with E-state index in [4.69, 9.17) is 0 Å². The summed E-state index contributed by atoms with van der Waals surface area (Å²) in [7, 11) is 1.87. The van der Waals surface area contributed by atoms with Crippen LogP contribution < -0.4 is 10.6 Å². The molecule has 0 aromatic rings. The molecule has 0 aliphatic carbocycles. The molecular weight excluding hydrogens is 292 g/mol. The molecule has 2 fully saturated rings. The monoisotopic (exact) mass is 326 g/mol. The van der Waals surface area contributed by atoms with Crippen LogP contribution in [0.25, 0.3) is 0 Å². The molecule has 0 radical (unpaired) electrons. The minimum Gasteiger partial charge on any atom is -0.356 e. The SMILES string of the molecule is CN=C(NCCCN1CCCCC1C)NCC1(C)CCCS1. The van der Waals surface area contributed by atoms with Crippen LogP contribution in [0.15, 0.2) is 4.99 Å². The molecular formula is C17H34N4S. The van der Waals surface area contributed by atoms with Crippen molar-refractivity contribution in [2.24, 2.45) is 4.99 Å². The first-order valence-corrected chi connectivity index (χ1v) is 9.94. The first-order valence-electron chi connectivity index (χ1n) is 8.95. The molecule has 22 heavy (non-hydrogen) atoms. The van der Waals surface area contributed by atoms with Crippen molar-refractivity contribution >= 4 is 17.7 Å². The van der Waals surface area contributed by atoms with Crippen LogP contribution in [0.5, 0.6) is 0 Å². The van der Waals surface area contributed by atoms with E-state index in [1.165, 1.54) is 57.4 Å². The maximum Gasteiger partial charge on any atom is 0.191 e. The maximum absolute atomic E-state index is 4.35. The van der Waals surface area contributed by atoms with Crippen molar-refractivity contribution in [2.45, 2.75) is 63.2 Å². The number of nitrogens with one attached hydrogen (secondary N) is 2. The van der Waals surface area contributed by atoms with Crippen LogP contribution >= 0.6 is 11.8 Å². The second-order valence-corrected chi connectivity index (χ2v) is 8.67. The molecule has 128 valence electrons. The number of likely N-dealkylation sites (tertiary alicyclic amines) is 1. The van der Waals surface area contributed by atoms with Gasteiger partial charge in [-0.1, -0.05) is 6.42 Å². The predicted molar refractivity (Wildman–Crippen MR) is 99.0 cm³/mol. The van der Waals surface area contributed by atoms with Crippen molar-refractivity contribution in [3.8, 4) is 0 Å². The average Bonchev–Trinajstić information content (AvgIpc) is 2.95. The van der Waals surface area contributed by atoms with Crippen LogP contribution in [0.2, 0.25) is 0 Å². The summed E-state index contributed by atoms with van der Waals surface area (Å²) in [5, 5.41) is 6.97.